The van der Waals surface area contributed by atoms with Crippen molar-refractivity contribution in [3.8, 4) is 17.0 Å². The normalized spacial score (nSPS) is 18.4. The third kappa shape index (κ3) is 5.84. The number of fused-ring (bicyclic) bond motifs is 1. The van der Waals surface area contributed by atoms with Crippen LogP contribution in [-0.2, 0) is 4.79 Å². The minimum absolute atomic E-state index is 0.00393. The van der Waals surface area contributed by atoms with E-state index in [1.807, 2.05) is 26.0 Å². The molecule has 0 unspecified atom stereocenters. The van der Waals surface area contributed by atoms with Crippen LogP contribution in [0.3, 0.4) is 0 Å². The molecule has 0 saturated heterocycles. The van der Waals surface area contributed by atoms with Crippen molar-refractivity contribution in [3.63, 3.8) is 0 Å². The number of carbonyl (C=O) groups excluding carboxylic acids is 3. The molecule has 1 aliphatic rings. The van der Waals surface area contributed by atoms with Gasteiger partial charge in [-0.05, 0) is 30.7 Å². The lowest BCUT2D eigenvalue weighted by atomic mass is 9.98. The molecule has 9 heteroatoms. The summed E-state index contributed by atoms with van der Waals surface area (Å²) >= 11 is 0. The Bertz CT molecular complexity index is 1100. The summed E-state index contributed by atoms with van der Waals surface area (Å²) in [5.41, 5.74) is 2.36. The van der Waals surface area contributed by atoms with Crippen LogP contribution in [0, 0.1) is 5.92 Å². The fourth-order valence-corrected chi connectivity index (χ4v) is 4.18. The summed E-state index contributed by atoms with van der Waals surface area (Å²) in [6.45, 7) is 6.12. The highest BCUT2D eigenvalue weighted by atomic mass is 16.5. The van der Waals surface area contributed by atoms with Gasteiger partial charge in [0.25, 0.3) is 11.8 Å². The monoisotopic (exact) mass is 496 g/mol. The van der Waals surface area contributed by atoms with Crippen LogP contribution in [-0.4, -0.2) is 95.5 Å². The van der Waals surface area contributed by atoms with Gasteiger partial charge in [0.1, 0.15) is 11.7 Å². The van der Waals surface area contributed by atoms with Crippen LogP contribution in [0.4, 0.5) is 0 Å². The molecular formula is C27H36N4O5. The van der Waals surface area contributed by atoms with Crippen molar-refractivity contribution in [2.24, 2.45) is 5.92 Å². The highest BCUT2D eigenvalue weighted by Gasteiger charge is 2.34. The van der Waals surface area contributed by atoms with Crippen LogP contribution >= 0.6 is 0 Å². The van der Waals surface area contributed by atoms with Crippen molar-refractivity contribution in [1.29, 1.82) is 0 Å². The molecule has 0 radical (unpaired) electrons. The lowest BCUT2D eigenvalue weighted by Crippen LogP contribution is -2.50. The van der Waals surface area contributed by atoms with Gasteiger partial charge in [-0.25, -0.2) is 4.98 Å². The second-order valence-corrected chi connectivity index (χ2v) is 9.60. The molecule has 9 nitrogen and oxygen atoms in total. The first-order valence-electron chi connectivity index (χ1n) is 12.2. The molecule has 0 bridgehead atoms. The molecule has 1 aromatic heterocycles. The zero-order valence-corrected chi connectivity index (χ0v) is 21.9. The van der Waals surface area contributed by atoms with E-state index >= 15 is 0 Å². The highest BCUT2D eigenvalue weighted by molar-refractivity contribution is 5.98. The molecule has 194 valence electrons. The van der Waals surface area contributed by atoms with E-state index in [1.54, 1.807) is 62.3 Å². The Morgan fingerprint density at radius 1 is 1.19 bits per heavy atom. The summed E-state index contributed by atoms with van der Waals surface area (Å²) in [7, 11) is 5.13. The Hall–Kier alpha value is -3.46. The van der Waals surface area contributed by atoms with Crippen LogP contribution in [0.5, 0.6) is 5.88 Å². The number of ether oxygens (including phenoxy) is 1. The lowest BCUT2D eigenvalue weighted by molar-refractivity contribution is -0.131. The van der Waals surface area contributed by atoms with Gasteiger partial charge in [0.2, 0.25) is 11.8 Å². The molecule has 36 heavy (non-hydrogen) atoms. The van der Waals surface area contributed by atoms with Gasteiger partial charge >= 0.3 is 0 Å². The van der Waals surface area contributed by atoms with E-state index in [0.717, 1.165) is 5.56 Å². The van der Waals surface area contributed by atoms with Gasteiger partial charge in [0.15, 0.2) is 0 Å². The molecule has 2 heterocycles. The van der Waals surface area contributed by atoms with E-state index in [0.29, 0.717) is 36.2 Å². The topological polar surface area (TPSA) is 103 Å². The van der Waals surface area contributed by atoms with E-state index in [1.165, 1.54) is 4.90 Å². The number of amides is 3. The summed E-state index contributed by atoms with van der Waals surface area (Å²) in [6, 6.07) is 8.45. The van der Waals surface area contributed by atoms with Gasteiger partial charge < -0.3 is 24.5 Å². The molecule has 3 amide bonds. The number of rotatable bonds is 7. The Morgan fingerprint density at radius 3 is 2.44 bits per heavy atom. The van der Waals surface area contributed by atoms with Crippen LogP contribution in [0.15, 0.2) is 36.5 Å². The van der Waals surface area contributed by atoms with Crippen LogP contribution in [0.1, 0.15) is 47.9 Å². The second kappa shape index (κ2) is 11.5. The average molecular weight is 497 g/mol. The Morgan fingerprint density at radius 2 is 1.86 bits per heavy atom. The summed E-state index contributed by atoms with van der Waals surface area (Å²) in [5.74, 6) is -0.270. The Labute approximate surface area is 212 Å². The molecule has 1 aromatic carbocycles. The van der Waals surface area contributed by atoms with Gasteiger partial charge in [0, 0.05) is 57.4 Å². The summed E-state index contributed by atoms with van der Waals surface area (Å²) in [4.78, 5) is 47.3. The largest absolute Gasteiger partial charge is 0.472 e. The number of pyridine rings is 1. The number of aliphatic hydroxyl groups excluding tert-OH is 1. The molecule has 0 fully saturated rings. The number of hydrogen-bond donors (Lipinski definition) is 1. The number of carbonyl (C=O) groups is 3. The van der Waals surface area contributed by atoms with Gasteiger partial charge in [-0.2, -0.15) is 0 Å². The first-order valence-corrected chi connectivity index (χ1v) is 12.2. The van der Waals surface area contributed by atoms with Crippen LogP contribution < -0.4 is 4.74 Å². The van der Waals surface area contributed by atoms with E-state index < -0.39 is 6.04 Å². The minimum Gasteiger partial charge on any atom is -0.472 e. The van der Waals surface area contributed by atoms with Crippen LogP contribution in [0.25, 0.3) is 11.1 Å². The highest BCUT2D eigenvalue weighted by Crippen LogP contribution is 2.30. The lowest BCUT2D eigenvalue weighted by Gasteiger charge is -2.37. The smallest absolute Gasteiger partial charge is 0.259 e. The molecule has 0 spiro atoms. The van der Waals surface area contributed by atoms with Crippen molar-refractivity contribution in [3.05, 3.63) is 47.7 Å². The van der Waals surface area contributed by atoms with E-state index in [9.17, 15) is 19.5 Å². The molecule has 0 aliphatic carbocycles. The minimum atomic E-state index is -0.401. The van der Waals surface area contributed by atoms with Gasteiger partial charge in [-0.1, -0.05) is 26.0 Å². The van der Waals surface area contributed by atoms with E-state index in [2.05, 4.69) is 4.98 Å². The first kappa shape index (κ1) is 27.1. The molecular weight excluding hydrogens is 460 g/mol. The third-order valence-corrected chi connectivity index (χ3v) is 6.57. The van der Waals surface area contributed by atoms with Gasteiger partial charge in [0.05, 0.1) is 19.2 Å². The van der Waals surface area contributed by atoms with Gasteiger partial charge in [-0.15, -0.1) is 0 Å². The molecule has 1 N–H and O–H groups in total. The van der Waals surface area contributed by atoms with Crippen molar-refractivity contribution >= 4 is 17.7 Å². The summed E-state index contributed by atoms with van der Waals surface area (Å²) in [6.07, 6.45) is 1.64. The maximum absolute atomic E-state index is 13.6. The number of likely N-dealkylation sites (N-methyl/N-ethyl adjacent to an activating group) is 1. The molecule has 0 saturated carbocycles. The zero-order chi connectivity index (χ0) is 26.6. The zero-order valence-electron chi connectivity index (χ0n) is 21.9. The number of aromatic nitrogens is 1. The Balaban J connectivity index is 2.01. The summed E-state index contributed by atoms with van der Waals surface area (Å²) < 4.78 is 6.25. The number of aliphatic hydroxyl groups is 1. The maximum atomic E-state index is 13.6. The van der Waals surface area contributed by atoms with Crippen molar-refractivity contribution in [1.82, 2.24) is 19.7 Å². The fourth-order valence-electron chi connectivity index (χ4n) is 4.18. The molecule has 3 atom stereocenters. The number of nitrogens with zero attached hydrogens (tertiary/aromatic N) is 4. The quantitative estimate of drug-likeness (QED) is 0.632. The summed E-state index contributed by atoms with van der Waals surface area (Å²) in [5, 5.41) is 9.83. The second-order valence-electron chi connectivity index (χ2n) is 9.60. The number of hydrogen-bond acceptors (Lipinski definition) is 6. The predicted octanol–water partition coefficient (Wildman–Crippen LogP) is 2.54. The number of benzene rings is 1. The van der Waals surface area contributed by atoms with Crippen molar-refractivity contribution in [2.75, 3.05) is 40.8 Å². The van der Waals surface area contributed by atoms with Crippen LogP contribution in [0.2, 0.25) is 0 Å². The average Bonchev–Trinajstić information content (AvgIpc) is 2.88. The molecule has 3 rings (SSSR count). The van der Waals surface area contributed by atoms with E-state index in [4.69, 9.17) is 4.74 Å². The maximum Gasteiger partial charge on any atom is 0.259 e. The van der Waals surface area contributed by atoms with E-state index in [-0.39, 0.29) is 42.2 Å². The van der Waals surface area contributed by atoms with Crippen molar-refractivity contribution in [2.45, 2.75) is 39.3 Å². The standard InChI is InChI=1S/C27H36N4O5/c1-7-24(33)30(6)15-23-17(2)14-31(18(3)16-32)27(35)22-12-21(13-28-25(22)36-23)19-8-10-20(11-9-19)26(34)29(4)5/h8-13,17-18,23,32H,7,14-16H2,1-6H3/t17-,18-,23+/m0/s1. The molecule has 2 aromatic rings. The van der Waals surface area contributed by atoms with Crippen molar-refractivity contribution < 1.29 is 24.2 Å². The SMILES string of the molecule is CCC(=O)N(C)C[C@H]1Oc2ncc(-c3ccc(C(=O)N(C)C)cc3)cc2C(=O)N([C@@H](C)CO)C[C@@H]1C. The molecule has 1 aliphatic heterocycles. The predicted molar refractivity (Wildman–Crippen MR) is 137 cm³/mol. The van der Waals surface area contributed by atoms with Gasteiger partial charge in [-0.3, -0.25) is 14.4 Å². The Kier molecular flexibility index (Phi) is 8.68. The third-order valence-electron chi connectivity index (χ3n) is 6.57. The first-order chi connectivity index (χ1) is 17.1. The fraction of sp³-hybridized carbons (Fsp3) is 0.481.